The van der Waals surface area contributed by atoms with E-state index in [1.807, 2.05) is 0 Å². The summed E-state index contributed by atoms with van der Waals surface area (Å²) in [6.07, 6.45) is -0.300. The van der Waals surface area contributed by atoms with Gasteiger partial charge in [0.15, 0.2) is 0 Å². The van der Waals surface area contributed by atoms with E-state index in [9.17, 15) is 9.18 Å². The van der Waals surface area contributed by atoms with E-state index >= 15 is 0 Å². The van der Waals surface area contributed by atoms with Gasteiger partial charge in [-0.3, -0.25) is 0 Å². The van der Waals surface area contributed by atoms with Gasteiger partial charge in [0, 0.05) is 6.08 Å². The lowest BCUT2D eigenvalue weighted by Gasteiger charge is -1.97. The standard InChI is InChI=1S/C6H9FO2/c1-4(5(2)7)3-6(8)9/h3,5H,1-2H3,(H,8,9)/b4-3-. The Morgan fingerprint density at radius 1 is 1.78 bits per heavy atom. The van der Waals surface area contributed by atoms with Crippen molar-refractivity contribution in [3.8, 4) is 0 Å². The van der Waals surface area contributed by atoms with Crippen LogP contribution in [0.25, 0.3) is 0 Å². The van der Waals surface area contributed by atoms with Gasteiger partial charge in [0.2, 0.25) is 0 Å². The first-order valence-electron chi connectivity index (χ1n) is 2.59. The summed E-state index contributed by atoms with van der Waals surface area (Å²) in [4.78, 5) is 9.87. The number of rotatable bonds is 2. The van der Waals surface area contributed by atoms with Crippen molar-refractivity contribution in [2.24, 2.45) is 0 Å². The summed E-state index contributed by atoms with van der Waals surface area (Å²) >= 11 is 0. The van der Waals surface area contributed by atoms with Gasteiger partial charge in [-0.2, -0.15) is 0 Å². The monoisotopic (exact) mass is 132 g/mol. The quantitative estimate of drug-likeness (QED) is 0.576. The molecule has 1 unspecified atom stereocenters. The van der Waals surface area contributed by atoms with Crippen molar-refractivity contribution < 1.29 is 14.3 Å². The fourth-order valence-corrected chi connectivity index (χ4v) is 0.310. The third-order valence-electron chi connectivity index (χ3n) is 0.979. The Hall–Kier alpha value is -0.860. The second kappa shape index (κ2) is 3.22. The van der Waals surface area contributed by atoms with E-state index in [1.165, 1.54) is 13.8 Å². The van der Waals surface area contributed by atoms with Crippen LogP contribution in [0.4, 0.5) is 4.39 Å². The molecule has 0 fully saturated rings. The predicted molar refractivity (Wildman–Crippen MR) is 32.0 cm³/mol. The molecule has 3 heteroatoms. The Balaban J connectivity index is 4.00. The lowest BCUT2D eigenvalue weighted by molar-refractivity contribution is -0.131. The zero-order chi connectivity index (χ0) is 7.44. The minimum Gasteiger partial charge on any atom is -0.478 e. The van der Waals surface area contributed by atoms with Gasteiger partial charge in [0.1, 0.15) is 6.17 Å². The molecule has 0 saturated heterocycles. The molecule has 0 amide bonds. The van der Waals surface area contributed by atoms with Crippen molar-refractivity contribution >= 4 is 5.97 Å². The first kappa shape index (κ1) is 8.14. The second-order valence-corrected chi connectivity index (χ2v) is 1.84. The molecule has 2 nitrogen and oxygen atoms in total. The van der Waals surface area contributed by atoms with E-state index in [0.29, 0.717) is 0 Å². The molecular formula is C6H9FO2. The first-order chi connectivity index (χ1) is 4.04. The van der Waals surface area contributed by atoms with Crippen molar-refractivity contribution in [3.63, 3.8) is 0 Å². The molecule has 0 aliphatic carbocycles. The zero-order valence-electron chi connectivity index (χ0n) is 5.39. The van der Waals surface area contributed by atoms with E-state index in [-0.39, 0.29) is 5.57 Å². The summed E-state index contributed by atoms with van der Waals surface area (Å²) in [6.45, 7) is 2.74. The number of halogens is 1. The van der Waals surface area contributed by atoms with Crippen LogP contribution in [0.15, 0.2) is 11.6 Å². The molecule has 1 N–H and O–H groups in total. The van der Waals surface area contributed by atoms with E-state index in [2.05, 4.69) is 0 Å². The Morgan fingerprint density at radius 3 is 2.33 bits per heavy atom. The molecule has 0 bridgehead atoms. The minimum atomic E-state index is -1.17. The molecule has 0 aromatic heterocycles. The Labute approximate surface area is 53.0 Å². The Kier molecular flexibility index (Phi) is 2.91. The second-order valence-electron chi connectivity index (χ2n) is 1.84. The minimum absolute atomic E-state index is 0.238. The van der Waals surface area contributed by atoms with Crippen molar-refractivity contribution in [1.29, 1.82) is 0 Å². The third-order valence-corrected chi connectivity index (χ3v) is 0.979. The maximum Gasteiger partial charge on any atom is 0.328 e. The summed E-state index contributed by atoms with van der Waals surface area (Å²) in [6, 6.07) is 0. The number of aliphatic carboxylic acids is 1. The highest BCUT2D eigenvalue weighted by Gasteiger charge is 2.01. The Bertz CT molecular complexity index is 138. The van der Waals surface area contributed by atoms with Gasteiger partial charge in [-0.25, -0.2) is 9.18 Å². The van der Waals surface area contributed by atoms with Gasteiger partial charge in [0.25, 0.3) is 0 Å². The molecule has 0 aromatic carbocycles. The SMILES string of the molecule is C/C(=C/C(=O)O)C(C)F. The molecule has 0 saturated carbocycles. The van der Waals surface area contributed by atoms with Crippen molar-refractivity contribution in [1.82, 2.24) is 0 Å². The van der Waals surface area contributed by atoms with Crippen LogP contribution in [0.2, 0.25) is 0 Å². The fourth-order valence-electron chi connectivity index (χ4n) is 0.310. The largest absolute Gasteiger partial charge is 0.478 e. The average Bonchev–Trinajstić information content (AvgIpc) is 1.63. The van der Waals surface area contributed by atoms with Crippen LogP contribution in [0.1, 0.15) is 13.8 Å². The summed E-state index contributed by atoms with van der Waals surface area (Å²) in [7, 11) is 0. The van der Waals surface area contributed by atoms with E-state index in [1.54, 1.807) is 0 Å². The lowest BCUT2D eigenvalue weighted by Crippen LogP contribution is -1.98. The number of allylic oxidation sites excluding steroid dienone is 1. The topological polar surface area (TPSA) is 37.3 Å². The highest BCUT2D eigenvalue weighted by Crippen LogP contribution is 2.03. The van der Waals surface area contributed by atoms with Gasteiger partial charge in [-0.15, -0.1) is 0 Å². The fraction of sp³-hybridized carbons (Fsp3) is 0.500. The smallest absolute Gasteiger partial charge is 0.328 e. The van der Waals surface area contributed by atoms with Crippen LogP contribution in [-0.4, -0.2) is 17.2 Å². The van der Waals surface area contributed by atoms with Crippen molar-refractivity contribution in [3.05, 3.63) is 11.6 Å². The van der Waals surface area contributed by atoms with Crippen LogP contribution >= 0.6 is 0 Å². The van der Waals surface area contributed by atoms with Crippen molar-refractivity contribution in [2.45, 2.75) is 20.0 Å². The van der Waals surface area contributed by atoms with Gasteiger partial charge in [-0.05, 0) is 19.4 Å². The Morgan fingerprint density at radius 2 is 2.22 bits per heavy atom. The number of carboxylic acids is 1. The maximum absolute atomic E-state index is 12.1. The highest BCUT2D eigenvalue weighted by molar-refractivity contribution is 5.80. The summed E-state index contributed by atoms with van der Waals surface area (Å²) < 4.78 is 12.1. The molecule has 0 radical (unpaired) electrons. The third kappa shape index (κ3) is 3.70. The van der Waals surface area contributed by atoms with Crippen molar-refractivity contribution in [2.75, 3.05) is 0 Å². The van der Waals surface area contributed by atoms with Gasteiger partial charge in [0.05, 0.1) is 0 Å². The highest BCUT2D eigenvalue weighted by atomic mass is 19.1. The average molecular weight is 132 g/mol. The van der Waals surface area contributed by atoms with E-state index < -0.39 is 12.1 Å². The normalized spacial score (nSPS) is 15.2. The molecule has 0 spiro atoms. The molecule has 0 heterocycles. The number of carbonyl (C=O) groups is 1. The van der Waals surface area contributed by atoms with E-state index in [0.717, 1.165) is 6.08 Å². The molecule has 0 aliphatic heterocycles. The number of hydrogen-bond donors (Lipinski definition) is 1. The van der Waals surface area contributed by atoms with Gasteiger partial charge < -0.3 is 5.11 Å². The molecule has 0 aliphatic rings. The molecule has 0 rings (SSSR count). The molecule has 0 aromatic rings. The lowest BCUT2D eigenvalue weighted by atomic mass is 10.2. The molecule has 1 atom stereocenters. The molecule has 52 valence electrons. The summed E-state index contributed by atoms with van der Waals surface area (Å²) in [5.41, 5.74) is 0.238. The van der Waals surface area contributed by atoms with Crippen LogP contribution in [0, 0.1) is 0 Å². The maximum atomic E-state index is 12.1. The van der Waals surface area contributed by atoms with Gasteiger partial charge in [-0.1, -0.05) is 0 Å². The number of alkyl halides is 1. The number of carboxylic acid groups (broad SMARTS) is 1. The van der Waals surface area contributed by atoms with Crippen LogP contribution in [0.5, 0.6) is 0 Å². The number of hydrogen-bond acceptors (Lipinski definition) is 1. The summed E-state index contributed by atoms with van der Waals surface area (Å²) in [5.74, 6) is -1.10. The molecular weight excluding hydrogens is 123 g/mol. The predicted octanol–water partition coefficient (Wildman–Crippen LogP) is 1.38. The van der Waals surface area contributed by atoms with Crippen LogP contribution < -0.4 is 0 Å². The van der Waals surface area contributed by atoms with Crippen LogP contribution in [0.3, 0.4) is 0 Å². The molecule has 9 heavy (non-hydrogen) atoms. The van der Waals surface area contributed by atoms with Crippen LogP contribution in [-0.2, 0) is 4.79 Å². The summed E-state index contributed by atoms with van der Waals surface area (Å²) in [5, 5.41) is 8.09. The van der Waals surface area contributed by atoms with E-state index in [4.69, 9.17) is 5.11 Å². The van der Waals surface area contributed by atoms with Gasteiger partial charge >= 0.3 is 5.97 Å². The first-order valence-corrected chi connectivity index (χ1v) is 2.59. The zero-order valence-corrected chi connectivity index (χ0v) is 5.39.